The number of aromatic amines is 1. The van der Waals surface area contributed by atoms with Crippen LogP contribution in [0.4, 0.5) is 0 Å². The number of nitrogens with zero attached hydrogens (tertiary/aromatic N) is 1. The molecule has 0 unspecified atom stereocenters. The molecular weight excluding hydrogens is 248 g/mol. The second kappa shape index (κ2) is 5.64. The van der Waals surface area contributed by atoms with Crippen LogP contribution in [0.1, 0.15) is 11.4 Å². The Morgan fingerprint density at radius 1 is 1.17 bits per heavy atom. The molecule has 5 heteroatoms. The molecule has 0 saturated heterocycles. The smallest absolute Gasteiger partial charge is 0.161 e. The summed E-state index contributed by atoms with van der Waals surface area (Å²) >= 11 is 5.06. The molecule has 1 heterocycles. The van der Waals surface area contributed by atoms with Gasteiger partial charge in [0.1, 0.15) is 10.5 Å². The summed E-state index contributed by atoms with van der Waals surface area (Å²) in [5, 5.41) is 0. The van der Waals surface area contributed by atoms with Crippen molar-refractivity contribution >= 4 is 12.2 Å². The maximum absolute atomic E-state index is 5.26. The first-order chi connectivity index (χ1) is 8.72. The van der Waals surface area contributed by atoms with Gasteiger partial charge in [-0.25, -0.2) is 4.98 Å². The van der Waals surface area contributed by atoms with Gasteiger partial charge in [0.05, 0.1) is 14.2 Å². The van der Waals surface area contributed by atoms with Crippen molar-refractivity contribution in [2.75, 3.05) is 14.2 Å². The van der Waals surface area contributed by atoms with E-state index in [1.807, 2.05) is 18.2 Å². The zero-order valence-corrected chi connectivity index (χ0v) is 11.1. The lowest BCUT2D eigenvalue weighted by Crippen LogP contribution is -1.97. The Bertz CT molecular complexity index is 596. The van der Waals surface area contributed by atoms with E-state index in [0.29, 0.717) is 16.8 Å². The minimum absolute atomic E-state index is 0.671. The van der Waals surface area contributed by atoms with Crippen molar-refractivity contribution in [3.63, 3.8) is 0 Å². The van der Waals surface area contributed by atoms with Gasteiger partial charge in [0.2, 0.25) is 0 Å². The van der Waals surface area contributed by atoms with Crippen LogP contribution < -0.4 is 9.47 Å². The molecular formula is C13H14N2O2S. The minimum Gasteiger partial charge on any atom is -0.493 e. The summed E-state index contributed by atoms with van der Waals surface area (Å²) in [7, 11) is 3.24. The van der Waals surface area contributed by atoms with Gasteiger partial charge >= 0.3 is 0 Å². The Morgan fingerprint density at radius 2 is 1.94 bits per heavy atom. The highest BCUT2D eigenvalue weighted by Crippen LogP contribution is 2.28. The van der Waals surface area contributed by atoms with E-state index in [9.17, 15) is 0 Å². The molecule has 2 rings (SSSR count). The third-order valence-electron chi connectivity index (χ3n) is 2.54. The highest BCUT2D eigenvalue weighted by molar-refractivity contribution is 7.71. The monoisotopic (exact) mass is 262 g/mol. The predicted octanol–water partition coefficient (Wildman–Crippen LogP) is 2.75. The normalized spacial score (nSPS) is 10.1. The molecule has 0 aliphatic rings. The summed E-state index contributed by atoms with van der Waals surface area (Å²) in [5.41, 5.74) is 1.08. The summed E-state index contributed by atoms with van der Waals surface area (Å²) in [4.78, 5) is 7.29. The number of ether oxygens (including phenoxy) is 2. The van der Waals surface area contributed by atoms with Gasteiger partial charge in [-0.3, -0.25) is 0 Å². The molecule has 0 radical (unpaired) electrons. The van der Waals surface area contributed by atoms with Crippen LogP contribution in [0, 0.1) is 4.64 Å². The van der Waals surface area contributed by atoms with E-state index < -0.39 is 0 Å². The van der Waals surface area contributed by atoms with Crippen molar-refractivity contribution in [3.8, 4) is 11.5 Å². The van der Waals surface area contributed by atoms with Gasteiger partial charge in [-0.1, -0.05) is 18.3 Å². The van der Waals surface area contributed by atoms with Crippen LogP contribution in [0.5, 0.6) is 11.5 Å². The maximum Gasteiger partial charge on any atom is 0.161 e. The van der Waals surface area contributed by atoms with E-state index in [1.54, 1.807) is 26.5 Å². The van der Waals surface area contributed by atoms with E-state index >= 15 is 0 Å². The number of rotatable bonds is 4. The maximum atomic E-state index is 5.26. The van der Waals surface area contributed by atoms with E-state index in [-0.39, 0.29) is 0 Å². The highest BCUT2D eigenvalue weighted by atomic mass is 32.1. The van der Waals surface area contributed by atoms with Gasteiger partial charge in [-0.2, -0.15) is 0 Å². The highest BCUT2D eigenvalue weighted by Gasteiger charge is 2.05. The van der Waals surface area contributed by atoms with Crippen LogP contribution >= 0.6 is 12.2 Å². The lowest BCUT2D eigenvalue weighted by molar-refractivity contribution is 0.354. The van der Waals surface area contributed by atoms with E-state index in [0.717, 1.165) is 17.1 Å². The molecule has 2 aromatic rings. The van der Waals surface area contributed by atoms with Crippen molar-refractivity contribution in [1.82, 2.24) is 9.97 Å². The van der Waals surface area contributed by atoms with E-state index in [2.05, 4.69) is 9.97 Å². The lowest BCUT2D eigenvalue weighted by Gasteiger charge is -2.09. The molecule has 0 aliphatic heterocycles. The van der Waals surface area contributed by atoms with Crippen LogP contribution in [-0.4, -0.2) is 24.2 Å². The number of hydrogen-bond donors (Lipinski definition) is 1. The number of hydrogen-bond acceptors (Lipinski definition) is 4. The van der Waals surface area contributed by atoms with Gasteiger partial charge < -0.3 is 14.5 Å². The van der Waals surface area contributed by atoms with Crippen molar-refractivity contribution in [2.24, 2.45) is 0 Å². The van der Waals surface area contributed by atoms with E-state index in [1.165, 1.54) is 0 Å². The minimum atomic E-state index is 0.671. The SMILES string of the molecule is COc1ccc(Cc2nccc(=S)[nH]2)cc1OC. The fourth-order valence-electron chi connectivity index (χ4n) is 1.68. The zero-order valence-electron chi connectivity index (χ0n) is 10.3. The Labute approximate surface area is 111 Å². The number of methoxy groups -OCH3 is 2. The van der Waals surface area contributed by atoms with Gasteiger partial charge in [0.25, 0.3) is 0 Å². The average molecular weight is 262 g/mol. The summed E-state index contributed by atoms with van der Waals surface area (Å²) in [5.74, 6) is 2.26. The largest absolute Gasteiger partial charge is 0.493 e. The first-order valence-corrected chi connectivity index (χ1v) is 5.89. The second-order valence-corrected chi connectivity index (χ2v) is 4.19. The quantitative estimate of drug-likeness (QED) is 0.861. The van der Waals surface area contributed by atoms with Crippen LogP contribution in [0.25, 0.3) is 0 Å². The Kier molecular flexibility index (Phi) is 3.94. The van der Waals surface area contributed by atoms with E-state index in [4.69, 9.17) is 21.7 Å². The van der Waals surface area contributed by atoms with Crippen molar-refractivity contribution in [1.29, 1.82) is 0 Å². The lowest BCUT2D eigenvalue weighted by atomic mass is 10.1. The van der Waals surface area contributed by atoms with Gasteiger partial charge in [0, 0.05) is 12.6 Å². The summed E-state index contributed by atoms with van der Waals surface area (Å²) in [6.07, 6.45) is 2.37. The number of benzene rings is 1. The molecule has 18 heavy (non-hydrogen) atoms. The molecule has 0 saturated carbocycles. The number of aromatic nitrogens is 2. The standard InChI is InChI=1S/C13H14N2O2S/c1-16-10-4-3-9(7-11(10)17-2)8-12-14-6-5-13(18)15-12/h3-7H,8H2,1-2H3,(H,14,15,18). The molecule has 1 N–H and O–H groups in total. The fraction of sp³-hybridized carbons (Fsp3) is 0.231. The van der Waals surface area contributed by atoms with Crippen LogP contribution in [0.3, 0.4) is 0 Å². The molecule has 0 bridgehead atoms. The van der Waals surface area contributed by atoms with Crippen molar-refractivity contribution < 1.29 is 9.47 Å². The topological polar surface area (TPSA) is 47.1 Å². The van der Waals surface area contributed by atoms with Gasteiger partial charge in [-0.05, 0) is 23.8 Å². The summed E-state index contributed by atoms with van der Waals surface area (Å²) < 4.78 is 11.1. The zero-order chi connectivity index (χ0) is 13.0. The first kappa shape index (κ1) is 12.6. The molecule has 0 spiro atoms. The Balaban J connectivity index is 2.27. The molecule has 1 aromatic carbocycles. The van der Waals surface area contributed by atoms with Crippen LogP contribution in [0.15, 0.2) is 30.5 Å². The van der Waals surface area contributed by atoms with Crippen LogP contribution in [-0.2, 0) is 6.42 Å². The molecule has 1 aromatic heterocycles. The summed E-state index contributed by atoms with van der Waals surface area (Å²) in [6.45, 7) is 0. The van der Waals surface area contributed by atoms with Gasteiger partial charge in [-0.15, -0.1) is 0 Å². The Hall–Kier alpha value is -1.88. The molecule has 0 amide bonds. The number of H-pyrrole nitrogens is 1. The van der Waals surface area contributed by atoms with Crippen molar-refractivity contribution in [2.45, 2.75) is 6.42 Å². The van der Waals surface area contributed by atoms with Gasteiger partial charge in [0.15, 0.2) is 11.5 Å². The van der Waals surface area contributed by atoms with Crippen LogP contribution in [0.2, 0.25) is 0 Å². The first-order valence-electron chi connectivity index (χ1n) is 5.48. The second-order valence-electron chi connectivity index (χ2n) is 3.75. The average Bonchev–Trinajstić information content (AvgIpc) is 2.38. The molecule has 94 valence electrons. The molecule has 0 atom stereocenters. The molecule has 0 aliphatic carbocycles. The number of nitrogens with one attached hydrogen (secondary N) is 1. The van der Waals surface area contributed by atoms with Crippen molar-refractivity contribution in [3.05, 3.63) is 46.5 Å². The molecule has 0 fully saturated rings. The molecule has 4 nitrogen and oxygen atoms in total. The Morgan fingerprint density at radius 3 is 2.61 bits per heavy atom. The summed E-state index contributed by atoms with van der Waals surface area (Å²) in [6, 6.07) is 7.55. The fourth-order valence-corrected chi connectivity index (χ4v) is 1.86. The predicted molar refractivity (Wildman–Crippen MR) is 71.8 cm³/mol. The third-order valence-corrected chi connectivity index (χ3v) is 2.78. The third kappa shape index (κ3) is 2.87.